The van der Waals surface area contributed by atoms with Crippen LogP contribution in [0, 0.1) is 0 Å². The molecular weight excluding hydrogens is 358 g/mol. The third-order valence-corrected chi connectivity index (χ3v) is 4.68. The maximum Gasteiger partial charge on any atom is 0.419 e. The van der Waals surface area contributed by atoms with Crippen molar-refractivity contribution in [1.29, 1.82) is 0 Å². The second kappa shape index (κ2) is 5.95. The molecule has 1 aromatic carbocycles. The van der Waals surface area contributed by atoms with Crippen LogP contribution in [-0.4, -0.2) is 29.5 Å². The van der Waals surface area contributed by atoms with Gasteiger partial charge in [-0.25, -0.2) is 9.36 Å². The van der Waals surface area contributed by atoms with Gasteiger partial charge in [0.2, 0.25) is 0 Å². The van der Waals surface area contributed by atoms with Gasteiger partial charge in [-0.15, -0.1) is 0 Å². The molecular formula is C18H22BrNO3. The molecule has 1 aromatic heterocycles. The second-order valence-electron chi connectivity index (χ2n) is 7.00. The van der Waals surface area contributed by atoms with Crippen molar-refractivity contribution in [2.45, 2.75) is 51.7 Å². The van der Waals surface area contributed by atoms with Gasteiger partial charge in [0.15, 0.2) is 0 Å². The highest BCUT2D eigenvalue weighted by molar-refractivity contribution is 9.10. The van der Waals surface area contributed by atoms with E-state index in [0.29, 0.717) is 0 Å². The van der Waals surface area contributed by atoms with Gasteiger partial charge in [-0.1, -0.05) is 22.0 Å². The summed E-state index contributed by atoms with van der Waals surface area (Å²) in [7, 11) is 1.75. The summed E-state index contributed by atoms with van der Waals surface area (Å²) in [5, 5.41) is 1.11. The van der Waals surface area contributed by atoms with Crippen molar-refractivity contribution in [3.05, 3.63) is 33.9 Å². The first-order valence-corrected chi connectivity index (χ1v) is 8.67. The fourth-order valence-electron chi connectivity index (χ4n) is 3.22. The van der Waals surface area contributed by atoms with E-state index in [1.54, 1.807) is 11.7 Å². The van der Waals surface area contributed by atoms with E-state index in [4.69, 9.17) is 9.47 Å². The smallest absolute Gasteiger partial charge is 0.419 e. The number of nitrogens with zero attached hydrogens (tertiary/aromatic N) is 1. The molecule has 1 aliphatic carbocycles. The maximum atomic E-state index is 12.8. The zero-order valence-corrected chi connectivity index (χ0v) is 15.6. The molecule has 0 saturated carbocycles. The van der Waals surface area contributed by atoms with Gasteiger partial charge in [0.25, 0.3) is 0 Å². The van der Waals surface area contributed by atoms with Gasteiger partial charge in [0.05, 0.1) is 11.6 Å². The van der Waals surface area contributed by atoms with E-state index in [9.17, 15) is 4.79 Å². The number of aromatic nitrogens is 1. The van der Waals surface area contributed by atoms with Crippen molar-refractivity contribution in [3.63, 3.8) is 0 Å². The molecule has 1 heterocycles. The summed E-state index contributed by atoms with van der Waals surface area (Å²) in [6.45, 7) is 5.67. The summed E-state index contributed by atoms with van der Waals surface area (Å²) in [5.74, 6) is 0. The summed E-state index contributed by atoms with van der Waals surface area (Å²) >= 11 is 3.51. The minimum Gasteiger partial charge on any atom is -0.443 e. The zero-order valence-electron chi connectivity index (χ0n) is 14.0. The van der Waals surface area contributed by atoms with E-state index in [1.165, 1.54) is 5.56 Å². The average Bonchev–Trinajstić information content (AvgIpc) is 2.77. The third-order valence-electron chi connectivity index (χ3n) is 4.19. The monoisotopic (exact) mass is 379 g/mol. The first-order chi connectivity index (χ1) is 10.8. The lowest BCUT2D eigenvalue weighted by Gasteiger charge is -2.24. The van der Waals surface area contributed by atoms with E-state index in [0.717, 1.165) is 40.3 Å². The Labute approximate surface area is 144 Å². The van der Waals surface area contributed by atoms with Gasteiger partial charge in [0.1, 0.15) is 5.60 Å². The van der Waals surface area contributed by atoms with Gasteiger partial charge in [-0.3, -0.25) is 0 Å². The Morgan fingerprint density at radius 1 is 1.35 bits per heavy atom. The van der Waals surface area contributed by atoms with Crippen molar-refractivity contribution in [1.82, 2.24) is 4.57 Å². The number of carbonyl (C=O) groups is 1. The van der Waals surface area contributed by atoms with Gasteiger partial charge in [0, 0.05) is 29.1 Å². The van der Waals surface area contributed by atoms with E-state index in [1.807, 2.05) is 32.9 Å². The van der Waals surface area contributed by atoms with Gasteiger partial charge < -0.3 is 9.47 Å². The third kappa shape index (κ3) is 3.17. The number of carbonyl (C=O) groups excluding carboxylic acids is 1. The Morgan fingerprint density at radius 2 is 2.09 bits per heavy atom. The SMILES string of the molecule is COC1CCc2c(c3ccc(Br)cc3n2C(=O)OC(C)(C)C)C1. The topological polar surface area (TPSA) is 40.5 Å². The summed E-state index contributed by atoms with van der Waals surface area (Å²) in [6, 6.07) is 6.06. The molecule has 4 nitrogen and oxygen atoms in total. The summed E-state index contributed by atoms with van der Waals surface area (Å²) in [6.07, 6.45) is 2.48. The molecule has 1 unspecified atom stereocenters. The second-order valence-corrected chi connectivity index (χ2v) is 7.92. The van der Waals surface area contributed by atoms with Crippen LogP contribution in [0.3, 0.4) is 0 Å². The Hall–Kier alpha value is -1.33. The lowest BCUT2D eigenvalue weighted by Crippen LogP contribution is -2.29. The molecule has 0 spiro atoms. The number of methoxy groups -OCH3 is 1. The van der Waals surface area contributed by atoms with Crippen molar-refractivity contribution >= 4 is 32.9 Å². The predicted molar refractivity (Wildman–Crippen MR) is 94.1 cm³/mol. The number of benzene rings is 1. The van der Waals surface area contributed by atoms with E-state index < -0.39 is 5.60 Å². The number of hydrogen-bond donors (Lipinski definition) is 0. The van der Waals surface area contributed by atoms with Crippen LogP contribution >= 0.6 is 15.9 Å². The minimum atomic E-state index is -0.518. The van der Waals surface area contributed by atoms with Crippen molar-refractivity contribution in [2.75, 3.05) is 7.11 Å². The van der Waals surface area contributed by atoms with Crippen LogP contribution in [0.25, 0.3) is 10.9 Å². The van der Waals surface area contributed by atoms with Crippen LogP contribution in [0.1, 0.15) is 38.4 Å². The Balaban J connectivity index is 2.17. The fourth-order valence-corrected chi connectivity index (χ4v) is 3.56. The quantitative estimate of drug-likeness (QED) is 0.721. The molecule has 0 aliphatic heterocycles. The zero-order chi connectivity index (χ0) is 16.8. The standard InChI is InChI=1S/C18H22BrNO3/c1-18(2,3)23-17(21)20-15-8-6-12(22-4)10-14(15)13-7-5-11(19)9-16(13)20/h5,7,9,12H,6,8,10H2,1-4H3. The molecule has 23 heavy (non-hydrogen) atoms. The van der Waals surface area contributed by atoms with Crippen LogP contribution in [0.5, 0.6) is 0 Å². The molecule has 3 rings (SSSR count). The van der Waals surface area contributed by atoms with E-state index in [-0.39, 0.29) is 12.2 Å². The van der Waals surface area contributed by atoms with Gasteiger partial charge in [-0.2, -0.15) is 0 Å². The molecule has 0 radical (unpaired) electrons. The van der Waals surface area contributed by atoms with Crippen molar-refractivity contribution in [3.8, 4) is 0 Å². The molecule has 0 bridgehead atoms. The molecule has 0 saturated heterocycles. The summed E-state index contributed by atoms with van der Waals surface area (Å²) < 4.78 is 13.9. The van der Waals surface area contributed by atoms with Gasteiger partial charge >= 0.3 is 6.09 Å². The summed E-state index contributed by atoms with van der Waals surface area (Å²) in [4.78, 5) is 12.8. The van der Waals surface area contributed by atoms with Crippen LogP contribution in [-0.2, 0) is 22.3 Å². The van der Waals surface area contributed by atoms with Crippen LogP contribution in [0.15, 0.2) is 22.7 Å². The van der Waals surface area contributed by atoms with Crippen LogP contribution in [0.2, 0.25) is 0 Å². The first-order valence-electron chi connectivity index (χ1n) is 7.88. The highest BCUT2D eigenvalue weighted by atomic mass is 79.9. The van der Waals surface area contributed by atoms with Crippen molar-refractivity contribution in [2.24, 2.45) is 0 Å². The average molecular weight is 380 g/mol. The molecule has 0 amide bonds. The minimum absolute atomic E-state index is 0.212. The van der Waals surface area contributed by atoms with Crippen LogP contribution in [0.4, 0.5) is 4.79 Å². The molecule has 5 heteroatoms. The molecule has 1 atom stereocenters. The largest absolute Gasteiger partial charge is 0.443 e. The molecule has 1 aliphatic rings. The Morgan fingerprint density at radius 3 is 2.74 bits per heavy atom. The number of rotatable bonds is 1. The van der Waals surface area contributed by atoms with Gasteiger partial charge in [-0.05, 0) is 51.3 Å². The number of fused-ring (bicyclic) bond motifs is 3. The number of ether oxygens (including phenoxy) is 2. The van der Waals surface area contributed by atoms with Crippen molar-refractivity contribution < 1.29 is 14.3 Å². The fraction of sp³-hybridized carbons (Fsp3) is 0.500. The Kier molecular flexibility index (Phi) is 4.27. The summed E-state index contributed by atoms with van der Waals surface area (Å²) in [5.41, 5.74) is 2.64. The molecule has 0 N–H and O–H groups in total. The Bertz CT molecular complexity index is 758. The normalized spacial score (nSPS) is 18.0. The lowest BCUT2D eigenvalue weighted by atomic mass is 9.93. The molecule has 124 valence electrons. The van der Waals surface area contributed by atoms with Crippen LogP contribution < -0.4 is 0 Å². The highest BCUT2D eigenvalue weighted by Gasteiger charge is 2.29. The van der Waals surface area contributed by atoms with E-state index in [2.05, 4.69) is 22.0 Å². The molecule has 0 fully saturated rings. The molecule has 2 aromatic rings. The lowest BCUT2D eigenvalue weighted by molar-refractivity contribution is 0.0531. The highest BCUT2D eigenvalue weighted by Crippen LogP contribution is 2.35. The number of halogens is 1. The first kappa shape index (κ1) is 16.5. The predicted octanol–water partition coefficient (Wildman–Crippen LogP) is 4.69. The van der Waals surface area contributed by atoms with E-state index >= 15 is 0 Å². The maximum absolute atomic E-state index is 12.8. The number of hydrogen-bond acceptors (Lipinski definition) is 3.